The predicted octanol–water partition coefficient (Wildman–Crippen LogP) is 1.77. The maximum atomic E-state index is 10.7. The molecule has 1 aromatic rings. The van der Waals surface area contributed by atoms with Crippen LogP contribution in [0.4, 0.5) is 4.79 Å². The smallest absolute Gasteiger partial charge is 0.409 e. The highest BCUT2D eigenvalue weighted by atomic mass is 16.5. The summed E-state index contributed by atoms with van der Waals surface area (Å²) in [7, 11) is 3.93. The number of carbonyl (C=O) groups is 1. The Morgan fingerprint density at radius 3 is 2.53 bits per heavy atom. The van der Waals surface area contributed by atoms with Gasteiger partial charge in [0.2, 0.25) is 0 Å². The van der Waals surface area contributed by atoms with E-state index in [1.807, 2.05) is 44.1 Å². The highest BCUT2D eigenvalue weighted by molar-refractivity contribution is 5.68. The van der Waals surface area contributed by atoms with E-state index in [0.29, 0.717) is 5.75 Å². The van der Waals surface area contributed by atoms with Gasteiger partial charge < -0.3 is 15.4 Å². The Hall–Kier alpha value is -1.55. The van der Waals surface area contributed by atoms with Gasteiger partial charge in [0, 0.05) is 11.6 Å². The van der Waals surface area contributed by atoms with Crippen molar-refractivity contribution in [3.63, 3.8) is 0 Å². The fraction of sp³-hybridized carbons (Fsp3) is 0.364. The van der Waals surface area contributed by atoms with Crippen LogP contribution >= 0.6 is 0 Å². The monoisotopic (exact) mass is 208 g/mol. The van der Waals surface area contributed by atoms with Crippen molar-refractivity contribution in [3.05, 3.63) is 29.8 Å². The number of primary amides is 1. The van der Waals surface area contributed by atoms with Gasteiger partial charge in [-0.25, -0.2) is 4.79 Å². The third-order valence-electron chi connectivity index (χ3n) is 2.35. The molecule has 1 atom stereocenters. The van der Waals surface area contributed by atoms with E-state index >= 15 is 0 Å². The van der Waals surface area contributed by atoms with Gasteiger partial charge >= 0.3 is 6.09 Å². The number of carbonyl (C=O) groups excluding carboxylic acids is 1. The van der Waals surface area contributed by atoms with Crippen molar-refractivity contribution in [1.82, 2.24) is 4.90 Å². The lowest BCUT2D eigenvalue weighted by Crippen LogP contribution is -2.21. The lowest BCUT2D eigenvalue weighted by atomic mass is 10.1. The van der Waals surface area contributed by atoms with Crippen LogP contribution in [0, 0.1) is 0 Å². The van der Waals surface area contributed by atoms with Gasteiger partial charge in [0.15, 0.2) is 0 Å². The summed E-state index contributed by atoms with van der Waals surface area (Å²) in [6.07, 6.45) is -0.784. The van der Waals surface area contributed by atoms with E-state index in [9.17, 15) is 4.79 Å². The molecule has 0 aliphatic carbocycles. The Morgan fingerprint density at radius 1 is 1.40 bits per heavy atom. The molecular formula is C11H16N2O2. The fourth-order valence-electron chi connectivity index (χ4n) is 1.31. The molecule has 0 radical (unpaired) electrons. The molecule has 82 valence electrons. The zero-order valence-electron chi connectivity index (χ0n) is 9.23. The second kappa shape index (κ2) is 4.79. The summed E-state index contributed by atoms with van der Waals surface area (Å²) in [6.45, 7) is 2.03. The minimum absolute atomic E-state index is 0.167. The van der Waals surface area contributed by atoms with Gasteiger partial charge in [-0.15, -0.1) is 0 Å². The first kappa shape index (κ1) is 11.5. The molecular weight excluding hydrogens is 192 g/mol. The molecule has 0 saturated carbocycles. The summed E-state index contributed by atoms with van der Waals surface area (Å²) < 4.78 is 4.93. The van der Waals surface area contributed by atoms with Crippen molar-refractivity contribution in [1.29, 1.82) is 0 Å². The number of rotatable bonds is 3. The molecule has 0 saturated heterocycles. The Balaban J connectivity index is 3.00. The van der Waals surface area contributed by atoms with Gasteiger partial charge in [-0.05, 0) is 27.1 Å². The molecule has 1 unspecified atom stereocenters. The number of hydrogen-bond acceptors (Lipinski definition) is 3. The minimum atomic E-state index is -0.784. The van der Waals surface area contributed by atoms with Gasteiger partial charge in [-0.1, -0.05) is 18.2 Å². The van der Waals surface area contributed by atoms with Crippen LogP contribution in [0.3, 0.4) is 0 Å². The molecule has 15 heavy (non-hydrogen) atoms. The predicted molar refractivity (Wildman–Crippen MR) is 58.8 cm³/mol. The number of benzene rings is 1. The lowest BCUT2D eigenvalue weighted by Gasteiger charge is -2.21. The normalized spacial score (nSPS) is 12.5. The summed E-state index contributed by atoms with van der Waals surface area (Å²) in [5, 5.41) is 0. The molecule has 4 heteroatoms. The Morgan fingerprint density at radius 2 is 2.00 bits per heavy atom. The van der Waals surface area contributed by atoms with Crippen LogP contribution in [0.5, 0.6) is 5.75 Å². The van der Waals surface area contributed by atoms with Gasteiger partial charge in [-0.2, -0.15) is 0 Å². The molecule has 2 N–H and O–H groups in total. The molecule has 0 aliphatic rings. The SMILES string of the molecule is CC(c1ccccc1OC(N)=O)N(C)C. The topological polar surface area (TPSA) is 55.6 Å². The fourth-order valence-corrected chi connectivity index (χ4v) is 1.31. The first-order chi connectivity index (χ1) is 7.02. The van der Waals surface area contributed by atoms with Crippen molar-refractivity contribution in [3.8, 4) is 5.75 Å². The first-order valence-corrected chi connectivity index (χ1v) is 4.75. The van der Waals surface area contributed by atoms with Crippen molar-refractivity contribution < 1.29 is 9.53 Å². The minimum Gasteiger partial charge on any atom is -0.410 e. The zero-order valence-corrected chi connectivity index (χ0v) is 9.23. The molecule has 4 nitrogen and oxygen atoms in total. The summed E-state index contributed by atoms with van der Waals surface area (Å²) in [4.78, 5) is 12.7. The average Bonchev–Trinajstić information content (AvgIpc) is 2.16. The molecule has 1 aromatic carbocycles. The Labute approximate surface area is 89.6 Å². The van der Waals surface area contributed by atoms with E-state index in [1.165, 1.54) is 0 Å². The first-order valence-electron chi connectivity index (χ1n) is 4.75. The molecule has 0 heterocycles. The lowest BCUT2D eigenvalue weighted by molar-refractivity contribution is 0.209. The van der Waals surface area contributed by atoms with Crippen LogP contribution in [0.2, 0.25) is 0 Å². The maximum Gasteiger partial charge on any atom is 0.409 e. The number of amides is 1. The summed E-state index contributed by atoms with van der Waals surface area (Å²) in [5.41, 5.74) is 5.94. The van der Waals surface area contributed by atoms with E-state index < -0.39 is 6.09 Å². The average molecular weight is 208 g/mol. The number of hydrogen-bond donors (Lipinski definition) is 1. The van der Waals surface area contributed by atoms with E-state index in [4.69, 9.17) is 10.5 Å². The van der Waals surface area contributed by atoms with Crippen LogP contribution < -0.4 is 10.5 Å². The van der Waals surface area contributed by atoms with Crippen LogP contribution in [-0.2, 0) is 0 Å². The number of ether oxygens (including phenoxy) is 1. The van der Waals surface area contributed by atoms with Gasteiger partial charge in [0.05, 0.1) is 0 Å². The van der Waals surface area contributed by atoms with Crippen LogP contribution in [0.1, 0.15) is 18.5 Å². The quantitative estimate of drug-likeness (QED) is 0.823. The van der Waals surface area contributed by atoms with E-state index in [1.54, 1.807) is 6.07 Å². The second-order valence-electron chi connectivity index (χ2n) is 3.60. The van der Waals surface area contributed by atoms with Crippen molar-refractivity contribution >= 4 is 6.09 Å². The standard InChI is InChI=1S/C11H16N2O2/c1-8(13(2)3)9-6-4-5-7-10(9)15-11(12)14/h4-8H,1-3H3,(H2,12,14). The zero-order chi connectivity index (χ0) is 11.4. The van der Waals surface area contributed by atoms with Gasteiger partial charge in [0.1, 0.15) is 5.75 Å². The van der Waals surface area contributed by atoms with Crippen molar-refractivity contribution in [2.75, 3.05) is 14.1 Å². The van der Waals surface area contributed by atoms with E-state index in [2.05, 4.69) is 0 Å². The Bertz CT molecular complexity index is 350. The molecule has 0 fully saturated rings. The van der Waals surface area contributed by atoms with Crippen LogP contribution in [0.15, 0.2) is 24.3 Å². The number of nitrogens with two attached hydrogens (primary N) is 1. The van der Waals surface area contributed by atoms with Crippen LogP contribution in [0.25, 0.3) is 0 Å². The summed E-state index contributed by atoms with van der Waals surface area (Å²) in [6, 6.07) is 7.54. The van der Waals surface area contributed by atoms with Crippen molar-refractivity contribution in [2.45, 2.75) is 13.0 Å². The molecule has 1 amide bonds. The molecule has 0 aromatic heterocycles. The van der Waals surface area contributed by atoms with Gasteiger partial charge in [-0.3, -0.25) is 0 Å². The third kappa shape index (κ3) is 2.95. The molecule has 0 bridgehead atoms. The molecule has 1 rings (SSSR count). The number of para-hydroxylation sites is 1. The Kier molecular flexibility index (Phi) is 3.68. The van der Waals surface area contributed by atoms with E-state index in [-0.39, 0.29) is 6.04 Å². The summed E-state index contributed by atoms with van der Waals surface area (Å²) >= 11 is 0. The third-order valence-corrected chi connectivity index (χ3v) is 2.35. The highest BCUT2D eigenvalue weighted by Gasteiger charge is 2.14. The van der Waals surface area contributed by atoms with Crippen molar-refractivity contribution in [2.24, 2.45) is 5.73 Å². The van der Waals surface area contributed by atoms with Gasteiger partial charge in [0.25, 0.3) is 0 Å². The second-order valence-corrected chi connectivity index (χ2v) is 3.60. The highest BCUT2D eigenvalue weighted by Crippen LogP contribution is 2.27. The number of nitrogens with zero attached hydrogens (tertiary/aromatic N) is 1. The summed E-state index contributed by atoms with van der Waals surface area (Å²) in [5.74, 6) is 0.520. The molecule has 0 aliphatic heterocycles. The van der Waals surface area contributed by atoms with Crippen LogP contribution in [-0.4, -0.2) is 25.1 Å². The molecule has 0 spiro atoms. The largest absolute Gasteiger partial charge is 0.410 e. The maximum absolute atomic E-state index is 10.7. The van der Waals surface area contributed by atoms with E-state index in [0.717, 1.165) is 5.56 Å².